The summed E-state index contributed by atoms with van der Waals surface area (Å²) in [6.45, 7) is 1.84. The minimum atomic E-state index is 0.191. The number of imidazole rings is 1. The molecular formula is C24H27N7S. The normalized spacial score (nSPS) is 16.6. The first-order valence-corrected chi connectivity index (χ1v) is 12.0. The van der Waals surface area contributed by atoms with Crippen LogP contribution in [0.5, 0.6) is 0 Å². The molecule has 1 aliphatic rings. The van der Waals surface area contributed by atoms with Gasteiger partial charge in [0.1, 0.15) is 0 Å². The van der Waals surface area contributed by atoms with Crippen molar-refractivity contribution < 1.29 is 0 Å². The van der Waals surface area contributed by atoms with Crippen LogP contribution in [-0.2, 0) is 6.42 Å². The van der Waals surface area contributed by atoms with Crippen LogP contribution >= 0.6 is 11.8 Å². The summed E-state index contributed by atoms with van der Waals surface area (Å²) in [5.41, 5.74) is 18.5. The average molecular weight is 446 g/mol. The molecule has 1 fully saturated rings. The second-order valence-corrected chi connectivity index (χ2v) is 9.09. The Balaban J connectivity index is 1.58. The Morgan fingerprint density at radius 1 is 1.16 bits per heavy atom. The van der Waals surface area contributed by atoms with E-state index < -0.39 is 0 Å². The third-order valence-electron chi connectivity index (χ3n) is 6.03. The zero-order valence-corrected chi connectivity index (χ0v) is 18.9. The van der Waals surface area contributed by atoms with E-state index in [1.165, 1.54) is 10.5 Å². The molecule has 5 rings (SSSR count). The molecule has 1 atom stereocenters. The van der Waals surface area contributed by atoms with Crippen molar-refractivity contribution in [1.82, 2.24) is 19.4 Å². The maximum absolute atomic E-state index is 6.29. The third kappa shape index (κ3) is 4.03. The summed E-state index contributed by atoms with van der Waals surface area (Å²) in [6.07, 6.45) is 12.5. The van der Waals surface area contributed by atoms with E-state index in [0.717, 1.165) is 48.6 Å². The largest absolute Gasteiger partial charge is 0.381 e. The van der Waals surface area contributed by atoms with Gasteiger partial charge in [-0.05, 0) is 42.9 Å². The van der Waals surface area contributed by atoms with Crippen LogP contribution in [0.2, 0.25) is 0 Å². The Morgan fingerprint density at radius 3 is 2.91 bits per heavy atom. The van der Waals surface area contributed by atoms with E-state index in [0.29, 0.717) is 17.9 Å². The van der Waals surface area contributed by atoms with Gasteiger partial charge in [-0.25, -0.2) is 9.97 Å². The molecular weight excluding hydrogens is 418 g/mol. The molecule has 1 saturated heterocycles. The lowest BCUT2D eigenvalue weighted by Crippen LogP contribution is -2.43. The lowest BCUT2D eigenvalue weighted by atomic mass is 10.0. The Kier molecular flexibility index (Phi) is 5.71. The summed E-state index contributed by atoms with van der Waals surface area (Å²) >= 11 is 1.74. The zero-order chi connectivity index (χ0) is 22.1. The van der Waals surface area contributed by atoms with Crippen molar-refractivity contribution >= 4 is 28.9 Å². The van der Waals surface area contributed by atoms with Gasteiger partial charge in [0.05, 0.1) is 17.6 Å². The standard InChI is InChI=1S/C24H27N7S/c1-32-20-6-2-4-16(11-20)21-12-17(22(14-28-21)30-8-3-5-18(25)15-30)10-19-13-29-24-23(26)27-7-9-31(19)24/h2,4,6-7,9,11-14,18H,3,5,8,10,15,25H2,1H3,(H2,26,27). The maximum atomic E-state index is 6.29. The summed E-state index contributed by atoms with van der Waals surface area (Å²) < 4.78 is 2.02. The monoisotopic (exact) mass is 445 g/mol. The number of thioether (sulfide) groups is 1. The second kappa shape index (κ2) is 8.80. The lowest BCUT2D eigenvalue weighted by Gasteiger charge is -2.34. The number of benzene rings is 1. The van der Waals surface area contributed by atoms with Crippen molar-refractivity contribution in [2.45, 2.75) is 30.2 Å². The van der Waals surface area contributed by atoms with E-state index in [9.17, 15) is 0 Å². The first-order valence-electron chi connectivity index (χ1n) is 10.8. The van der Waals surface area contributed by atoms with Gasteiger partial charge in [-0.2, -0.15) is 0 Å². The van der Waals surface area contributed by atoms with E-state index in [4.69, 9.17) is 16.5 Å². The van der Waals surface area contributed by atoms with Crippen LogP contribution in [0.25, 0.3) is 16.9 Å². The van der Waals surface area contributed by atoms with Crippen molar-refractivity contribution in [2.24, 2.45) is 5.73 Å². The Labute approximate surface area is 191 Å². The topological polar surface area (TPSA) is 98.4 Å². The number of nitrogens with zero attached hydrogens (tertiary/aromatic N) is 5. The molecule has 0 amide bonds. The molecule has 4 heterocycles. The molecule has 7 nitrogen and oxygen atoms in total. The van der Waals surface area contributed by atoms with Gasteiger partial charge in [0, 0.05) is 60.3 Å². The minimum absolute atomic E-state index is 0.191. The number of hydrogen-bond donors (Lipinski definition) is 2. The Hall–Kier alpha value is -3.10. The highest BCUT2D eigenvalue weighted by Gasteiger charge is 2.21. The fraction of sp³-hybridized carbons (Fsp3) is 0.292. The molecule has 8 heteroatoms. The highest BCUT2D eigenvalue weighted by molar-refractivity contribution is 7.98. The predicted octanol–water partition coefficient (Wildman–Crippen LogP) is 3.61. The maximum Gasteiger partial charge on any atom is 0.180 e. The highest BCUT2D eigenvalue weighted by Crippen LogP contribution is 2.31. The molecule has 0 bridgehead atoms. The summed E-state index contributed by atoms with van der Waals surface area (Å²) in [7, 11) is 0. The van der Waals surface area contributed by atoms with E-state index in [2.05, 4.69) is 51.5 Å². The number of aromatic nitrogens is 4. The molecule has 3 aromatic heterocycles. The van der Waals surface area contributed by atoms with Crippen molar-refractivity contribution in [3.63, 3.8) is 0 Å². The van der Waals surface area contributed by atoms with Gasteiger partial charge in [-0.1, -0.05) is 12.1 Å². The second-order valence-electron chi connectivity index (χ2n) is 8.21. The van der Waals surface area contributed by atoms with Gasteiger partial charge in [-0.15, -0.1) is 11.8 Å². The lowest BCUT2D eigenvalue weighted by molar-refractivity contribution is 0.505. The van der Waals surface area contributed by atoms with Crippen molar-refractivity contribution in [2.75, 3.05) is 30.0 Å². The van der Waals surface area contributed by atoms with Crippen LogP contribution in [0.4, 0.5) is 11.5 Å². The van der Waals surface area contributed by atoms with Crippen LogP contribution in [-0.4, -0.2) is 44.7 Å². The van der Waals surface area contributed by atoms with E-state index in [1.807, 2.05) is 23.0 Å². The Bertz CT molecular complexity index is 1250. The molecule has 4 aromatic rings. The van der Waals surface area contributed by atoms with Crippen LogP contribution in [0.1, 0.15) is 24.1 Å². The molecule has 0 radical (unpaired) electrons. The molecule has 4 N–H and O–H groups in total. The van der Waals surface area contributed by atoms with Gasteiger partial charge in [0.15, 0.2) is 11.5 Å². The number of fused-ring (bicyclic) bond motifs is 1. The fourth-order valence-corrected chi connectivity index (χ4v) is 4.86. The van der Waals surface area contributed by atoms with Gasteiger partial charge in [0.25, 0.3) is 0 Å². The molecule has 0 aliphatic carbocycles. The fourth-order valence-electron chi connectivity index (χ4n) is 4.40. The zero-order valence-electron chi connectivity index (χ0n) is 18.1. The predicted molar refractivity (Wildman–Crippen MR) is 131 cm³/mol. The molecule has 1 unspecified atom stereocenters. The number of piperidine rings is 1. The SMILES string of the molecule is CSc1cccc(-c2cc(Cc3cnc4c(N)nccn34)c(N3CCCC(N)C3)cn2)c1. The van der Waals surface area contributed by atoms with E-state index in [-0.39, 0.29) is 6.04 Å². The molecule has 1 aliphatic heterocycles. The number of nitrogen functional groups attached to an aromatic ring is 1. The quantitative estimate of drug-likeness (QED) is 0.453. The van der Waals surface area contributed by atoms with E-state index >= 15 is 0 Å². The number of pyridine rings is 1. The summed E-state index contributed by atoms with van der Waals surface area (Å²) in [6, 6.07) is 10.9. The third-order valence-corrected chi connectivity index (χ3v) is 6.76. The van der Waals surface area contributed by atoms with Crippen molar-refractivity contribution in [3.05, 3.63) is 66.4 Å². The minimum Gasteiger partial charge on any atom is -0.381 e. The Morgan fingerprint density at radius 2 is 2.06 bits per heavy atom. The van der Waals surface area contributed by atoms with E-state index in [1.54, 1.807) is 18.0 Å². The summed E-state index contributed by atoms with van der Waals surface area (Å²) in [5.74, 6) is 0.435. The molecule has 0 saturated carbocycles. The smallest absolute Gasteiger partial charge is 0.180 e. The number of hydrogen-bond acceptors (Lipinski definition) is 7. The highest BCUT2D eigenvalue weighted by atomic mass is 32.2. The average Bonchev–Trinajstić information content (AvgIpc) is 3.23. The molecule has 32 heavy (non-hydrogen) atoms. The van der Waals surface area contributed by atoms with Crippen molar-refractivity contribution in [3.8, 4) is 11.3 Å². The number of anilines is 2. The van der Waals surface area contributed by atoms with Crippen LogP contribution in [0.15, 0.2) is 60.0 Å². The molecule has 0 spiro atoms. The van der Waals surface area contributed by atoms with Crippen LogP contribution in [0.3, 0.4) is 0 Å². The number of nitrogens with two attached hydrogens (primary N) is 2. The van der Waals surface area contributed by atoms with Crippen LogP contribution in [0, 0.1) is 0 Å². The first kappa shape index (κ1) is 20.8. The van der Waals surface area contributed by atoms with Crippen LogP contribution < -0.4 is 16.4 Å². The molecule has 164 valence electrons. The molecule has 1 aromatic carbocycles. The van der Waals surface area contributed by atoms with Gasteiger partial charge >= 0.3 is 0 Å². The van der Waals surface area contributed by atoms with Crippen molar-refractivity contribution in [1.29, 1.82) is 0 Å². The van der Waals surface area contributed by atoms with Gasteiger partial charge in [-0.3, -0.25) is 9.38 Å². The summed E-state index contributed by atoms with van der Waals surface area (Å²) in [4.78, 5) is 17.1. The first-order chi connectivity index (χ1) is 15.6. The summed E-state index contributed by atoms with van der Waals surface area (Å²) in [5, 5.41) is 0. The van der Waals surface area contributed by atoms with Gasteiger partial charge in [0.2, 0.25) is 0 Å². The van der Waals surface area contributed by atoms with Gasteiger partial charge < -0.3 is 16.4 Å². The number of rotatable bonds is 5.